The van der Waals surface area contributed by atoms with E-state index in [0.29, 0.717) is 0 Å². The molecule has 0 radical (unpaired) electrons. The Morgan fingerprint density at radius 2 is 2.27 bits per heavy atom. The summed E-state index contributed by atoms with van der Waals surface area (Å²) in [6.45, 7) is 0.0633. The lowest BCUT2D eigenvalue weighted by Gasteiger charge is -2.00. The van der Waals surface area contributed by atoms with Gasteiger partial charge in [-0.3, -0.25) is 10.1 Å². The van der Waals surface area contributed by atoms with Gasteiger partial charge in [0.25, 0.3) is 5.69 Å². The maximum atomic E-state index is 12.8. The summed E-state index contributed by atoms with van der Waals surface area (Å²) in [4.78, 5) is 23.0. The van der Waals surface area contributed by atoms with E-state index in [2.05, 4.69) is 4.99 Å². The molecule has 0 aliphatic carbocycles. The number of aliphatic imine (C=N–C) groups is 1. The second kappa shape index (κ2) is 4.97. The van der Waals surface area contributed by atoms with Gasteiger partial charge in [0.15, 0.2) is 0 Å². The van der Waals surface area contributed by atoms with Crippen LogP contribution in [0.1, 0.15) is 5.56 Å². The van der Waals surface area contributed by atoms with Crippen LogP contribution in [0.4, 0.5) is 10.1 Å². The van der Waals surface area contributed by atoms with Crippen molar-refractivity contribution in [3.63, 3.8) is 0 Å². The fourth-order valence-electron chi connectivity index (χ4n) is 1.15. The molecule has 0 aliphatic heterocycles. The first-order chi connectivity index (χ1) is 7.15. The summed E-state index contributed by atoms with van der Waals surface area (Å²) in [6.07, 6.45) is 1.45. The number of rotatable bonds is 4. The summed E-state index contributed by atoms with van der Waals surface area (Å²) < 4.78 is 12.8. The molecule has 15 heavy (non-hydrogen) atoms. The molecule has 0 saturated carbocycles. The van der Waals surface area contributed by atoms with Crippen LogP contribution in [-0.2, 0) is 11.2 Å². The molecule has 0 aromatic heterocycles. The third kappa shape index (κ3) is 2.96. The second-order valence-electron chi connectivity index (χ2n) is 2.75. The molecular formula is C9H7FN2O3. The van der Waals surface area contributed by atoms with Gasteiger partial charge in [0.1, 0.15) is 5.82 Å². The summed E-state index contributed by atoms with van der Waals surface area (Å²) >= 11 is 0. The number of benzene rings is 1. The SMILES string of the molecule is O=C=NCCc1cc(F)ccc1[N+](=O)[O-]. The smallest absolute Gasteiger partial charge is 0.258 e. The zero-order valence-electron chi connectivity index (χ0n) is 7.64. The average Bonchev–Trinajstić information content (AvgIpc) is 2.18. The Labute approximate surface area is 84.4 Å². The van der Waals surface area contributed by atoms with Gasteiger partial charge in [-0.2, -0.15) is 0 Å². The lowest BCUT2D eigenvalue weighted by molar-refractivity contribution is -0.385. The molecule has 5 nitrogen and oxygen atoms in total. The lowest BCUT2D eigenvalue weighted by Crippen LogP contribution is -1.98. The maximum absolute atomic E-state index is 12.8. The van der Waals surface area contributed by atoms with Crippen LogP contribution in [-0.4, -0.2) is 17.5 Å². The highest BCUT2D eigenvalue weighted by Gasteiger charge is 2.13. The highest BCUT2D eigenvalue weighted by molar-refractivity contribution is 5.41. The number of nitro benzene ring substituents is 1. The molecule has 0 fully saturated rings. The van der Waals surface area contributed by atoms with Crippen LogP contribution in [0.2, 0.25) is 0 Å². The number of hydrogen-bond acceptors (Lipinski definition) is 4. The molecule has 1 rings (SSSR count). The number of nitrogens with zero attached hydrogens (tertiary/aromatic N) is 2. The zero-order chi connectivity index (χ0) is 11.3. The molecule has 0 aliphatic rings. The summed E-state index contributed by atoms with van der Waals surface area (Å²) in [5.74, 6) is -0.550. The van der Waals surface area contributed by atoms with Crippen molar-refractivity contribution in [3.05, 3.63) is 39.7 Å². The van der Waals surface area contributed by atoms with Gasteiger partial charge in [-0.25, -0.2) is 14.2 Å². The molecule has 0 bridgehead atoms. The highest BCUT2D eigenvalue weighted by atomic mass is 19.1. The minimum Gasteiger partial charge on any atom is -0.258 e. The van der Waals surface area contributed by atoms with Crippen molar-refractivity contribution in [2.24, 2.45) is 4.99 Å². The van der Waals surface area contributed by atoms with E-state index in [1.54, 1.807) is 0 Å². The normalized spacial score (nSPS) is 9.40. The maximum Gasteiger partial charge on any atom is 0.272 e. The van der Waals surface area contributed by atoms with Crippen molar-refractivity contribution >= 4 is 11.8 Å². The highest BCUT2D eigenvalue weighted by Crippen LogP contribution is 2.19. The first-order valence-corrected chi connectivity index (χ1v) is 4.11. The quantitative estimate of drug-likeness (QED) is 0.328. The predicted molar refractivity (Wildman–Crippen MR) is 49.7 cm³/mol. The Hall–Kier alpha value is -2.07. The summed E-state index contributed by atoms with van der Waals surface area (Å²) in [7, 11) is 0. The average molecular weight is 210 g/mol. The second-order valence-corrected chi connectivity index (χ2v) is 2.75. The van der Waals surface area contributed by atoms with Crippen LogP contribution >= 0.6 is 0 Å². The first kappa shape index (κ1) is 11.0. The Balaban J connectivity index is 2.96. The Morgan fingerprint density at radius 3 is 2.87 bits per heavy atom. The predicted octanol–water partition coefficient (Wildman–Crippen LogP) is 1.61. The van der Waals surface area contributed by atoms with Crippen molar-refractivity contribution in [1.82, 2.24) is 0 Å². The number of carbonyl (C=O) groups excluding carboxylic acids is 1. The Bertz CT molecular complexity index is 427. The summed E-state index contributed by atoms with van der Waals surface area (Å²) in [5, 5.41) is 10.5. The van der Waals surface area contributed by atoms with Crippen molar-refractivity contribution in [2.75, 3.05) is 6.54 Å². The van der Waals surface area contributed by atoms with Crippen molar-refractivity contribution in [1.29, 1.82) is 0 Å². The van der Waals surface area contributed by atoms with Gasteiger partial charge in [-0.1, -0.05) is 0 Å². The van der Waals surface area contributed by atoms with Crippen LogP contribution in [0.25, 0.3) is 0 Å². The van der Waals surface area contributed by atoms with E-state index < -0.39 is 10.7 Å². The number of hydrogen-bond donors (Lipinski definition) is 0. The molecule has 0 amide bonds. The van der Waals surface area contributed by atoms with Gasteiger partial charge in [-0.05, 0) is 18.6 Å². The molecule has 0 spiro atoms. The molecular weight excluding hydrogens is 203 g/mol. The minimum atomic E-state index is -0.598. The molecule has 0 unspecified atom stereocenters. The van der Waals surface area contributed by atoms with Gasteiger partial charge in [-0.15, -0.1) is 0 Å². The van der Waals surface area contributed by atoms with E-state index in [0.717, 1.165) is 18.2 Å². The van der Waals surface area contributed by atoms with Gasteiger partial charge >= 0.3 is 0 Å². The lowest BCUT2D eigenvalue weighted by atomic mass is 10.1. The van der Waals surface area contributed by atoms with E-state index >= 15 is 0 Å². The van der Waals surface area contributed by atoms with Crippen molar-refractivity contribution in [3.8, 4) is 0 Å². The minimum absolute atomic E-state index is 0.0633. The molecule has 0 saturated heterocycles. The number of halogens is 1. The molecule has 1 aromatic rings. The van der Waals surface area contributed by atoms with E-state index in [1.807, 2.05) is 0 Å². The fourth-order valence-corrected chi connectivity index (χ4v) is 1.15. The molecule has 1 aromatic carbocycles. The Morgan fingerprint density at radius 1 is 1.53 bits per heavy atom. The summed E-state index contributed by atoms with van der Waals surface area (Å²) in [6, 6.07) is 3.18. The number of isocyanates is 1. The topological polar surface area (TPSA) is 72.6 Å². The van der Waals surface area contributed by atoms with Crippen LogP contribution in [0.3, 0.4) is 0 Å². The molecule has 78 valence electrons. The van der Waals surface area contributed by atoms with Crippen LogP contribution < -0.4 is 0 Å². The monoisotopic (exact) mass is 210 g/mol. The van der Waals surface area contributed by atoms with Gasteiger partial charge in [0.05, 0.1) is 11.5 Å². The zero-order valence-corrected chi connectivity index (χ0v) is 7.64. The molecule has 6 heteroatoms. The van der Waals surface area contributed by atoms with Crippen LogP contribution in [0, 0.1) is 15.9 Å². The van der Waals surface area contributed by atoms with E-state index in [9.17, 15) is 19.3 Å². The first-order valence-electron chi connectivity index (χ1n) is 4.11. The van der Waals surface area contributed by atoms with Gasteiger partial charge < -0.3 is 0 Å². The molecule has 0 atom stereocenters. The Kier molecular flexibility index (Phi) is 3.65. The largest absolute Gasteiger partial charge is 0.272 e. The third-order valence-electron chi connectivity index (χ3n) is 1.80. The van der Waals surface area contributed by atoms with Crippen molar-refractivity contribution < 1.29 is 14.1 Å². The van der Waals surface area contributed by atoms with Gasteiger partial charge in [0, 0.05) is 11.6 Å². The summed E-state index contributed by atoms with van der Waals surface area (Å²) in [5.41, 5.74) is 0.0523. The van der Waals surface area contributed by atoms with E-state index in [1.165, 1.54) is 6.08 Å². The number of nitro groups is 1. The van der Waals surface area contributed by atoms with Crippen LogP contribution in [0.5, 0.6) is 0 Å². The van der Waals surface area contributed by atoms with Crippen molar-refractivity contribution in [2.45, 2.75) is 6.42 Å². The van der Waals surface area contributed by atoms with Crippen LogP contribution in [0.15, 0.2) is 23.2 Å². The third-order valence-corrected chi connectivity index (χ3v) is 1.80. The van der Waals surface area contributed by atoms with Gasteiger partial charge in [0.2, 0.25) is 6.08 Å². The standard InChI is InChI=1S/C9H7FN2O3/c10-8-1-2-9(12(14)15)7(5-8)3-4-11-6-13/h1-2,5H,3-4H2. The molecule has 0 heterocycles. The van der Waals surface area contributed by atoms with E-state index in [4.69, 9.17) is 0 Å². The van der Waals surface area contributed by atoms with E-state index in [-0.39, 0.29) is 24.2 Å². The fraction of sp³-hybridized carbons (Fsp3) is 0.222. The molecule has 0 N–H and O–H groups in total.